The third-order valence-electron chi connectivity index (χ3n) is 2.05. The Morgan fingerprint density at radius 1 is 1.60 bits per heavy atom. The van der Waals surface area contributed by atoms with Crippen molar-refractivity contribution in [3.63, 3.8) is 0 Å². The minimum Gasteiger partial charge on any atom is -0.387 e. The van der Waals surface area contributed by atoms with Gasteiger partial charge in [-0.25, -0.2) is 4.98 Å². The molecule has 0 amide bonds. The van der Waals surface area contributed by atoms with Gasteiger partial charge in [0.25, 0.3) is 0 Å². The Labute approximate surface area is 90.1 Å². The van der Waals surface area contributed by atoms with Crippen LogP contribution < -0.4 is 5.73 Å². The number of ether oxygens (including phenoxy) is 1. The van der Waals surface area contributed by atoms with Crippen molar-refractivity contribution in [1.29, 1.82) is 0 Å². The first kappa shape index (κ1) is 11.9. The lowest BCUT2D eigenvalue weighted by Crippen LogP contribution is -2.33. The molecule has 0 aliphatic carbocycles. The third kappa shape index (κ3) is 4.27. The standard InChI is InChI=1S/C11H18N2O2/c1-3-15-8-11(2,14)7-9-4-5-13-10(12)6-9/h4-6,14H,3,7-8H2,1-2H3,(H2,12,13). The smallest absolute Gasteiger partial charge is 0.123 e. The topological polar surface area (TPSA) is 68.4 Å². The van der Waals surface area contributed by atoms with Crippen LogP contribution in [0.1, 0.15) is 19.4 Å². The van der Waals surface area contributed by atoms with Crippen LogP contribution in [0, 0.1) is 0 Å². The quantitative estimate of drug-likeness (QED) is 0.760. The van der Waals surface area contributed by atoms with Crippen molar-refractivity contribution in [3.05, 3.63) is 23.9 Å². The van der Waals surface area contributed by atoms with E-state index >= 15 is 0 Å². The molecule has 0 saturated carbocycles. The molecule has 0 aliphatic rings. The monoisotopic (exact) mass is 210 g/mol. The van der Waals surface area contributed by atoms with E-state index in [-0.39, 0.29) is 0 Å². The van der Waals surface area contributed by atoms with Gasteiger partial charge in [-0.15, -0.1) is 0 Å². The molecule has 1 heterocycles. The van der Waals surface area contributed by atoms with Crippen LogP contribution in [0.5, 0.6) is 0 Å². The van der Waals surface area contributed by atoms with Gasteiger partial charge in [0.2, 0.25) is 0 Å². The van der Waals surface area contributed by atoms with Crippen LogP contribution in [-0.4, -0.2) is 28.9 Å². The van der Waals surface area contributed by atoms with Crippen molar-refractivity contribution in [2.75, 3.05) is 18.9 Å². The van der Waals surface area contributed by atoms with Crippen molar-refractivity contribution in [2.45, 2.75) is 25.9 Å². The molecule has 1 rings (SSSR count). The van der Waals surface area contributed by atoms with E-state index < -0.39 is 5.60 Å². The summed E-state index contributed by atoms with van der Waals surface area (Å²) in [5.74, 6) is 0.472. The summed E-state index contributed by atoms with van der Waals surface area (Å²) in [5.41, 5.74) is 5.66. The van der Waals surface area contributed by atoms with Gasteiger partial charge in [0, 0.05) is 19.2 Å². The van der Waals surface area contributed by atoms with Gasteiger partial charge in [-0.1, -0.05) is 0 Å². The third-order valence-corrected chi connectivity index (χ3v) is 2.05. The summed E-state index contributed by atoms with van der Waals surface area (Å²) in [4.78, 5) is 3.90. The number of hydrogen-bond acceptors (Lipinski definition) is 4. The van der Waals surface area contributed by atoms with Crippen LogP contribution in [0.25, 0.3) is 0 Å². The van der Waals surface area contributed by atoms with Gasteiger partial charge in [-0.05, 0) is 31.5 Å². The van der Waals surface area contributed by atoms with Crippen molar-refractivity contribution in [2.24, 2.45) is 0 Å². The summed E-state index contributed by atoms with van der Waals surface area (Å²) < 4.78 is 5.20. The summed E-state index contributed by atoms with van der Waals surface area (Å²) in [7, 11) is 0. The summed E-state index contributed by atoms with van der Waals surface area (Å²) in [6.45, 7) is 4.58. The number of anilines is 1. The van der Waals surface area contributed by atoms with E-state index in [2.05, 4.69) is 4.98 Å². The molecule has 1 aromatic heterocycles. The maximum absolute atomic E-state index is 10.0. The molecule has 0 aliphatic heterocycles. The molecule has 84 valence electrons. The van der Waals surface area contributed by atoms with Crippen LogP contribution in [0.15, 0.2) is 18.3 Å². The lowest BCUT2D eigenvalue weighted by molar-refractivity contribution is -0.0296. The lowest BCUT2D eigenvalue weighted by atomic mass is 9.98. The van der Waals surface area contributed by atoms with Gasteiger partial charge < -0.3 is 15.6 Å². The number of aromatic nitrogens is 1. The van der Waals surface area contributed by atoms with Crippen molar-refractivity contribution >= 4 is 5.82 Å². The number of nitrogens with two attached hydrogens (primary N) is 1. The molecular formula is C11H18N2O2. The summed E-state index contributed by atoms with van der Waals surface area (Å²) in [5, 5.41) is 10.0. The Morgan fingerprint density at radius 3 is 2.93 bits per heavy atom. The van der Waals surface area contributed by atoms with Crippen molar-refractivity contribution in [3.8, 4) is 0 Å². The average Bonchev–Trinajstić information content (AvgIpc) is 2.14. The fraction of sp³-hybridized carbons (Fsp3) is 0.545. The van der Waals surface area contributed by atoms with Crippen molar-refractivity contribution < 1.29 is 9.84 Å². The first-order chi connectivity index (χ1) is 7.03. The summed E-state index contributed by atoms with van der Waals surface area (Å²) in [6, 6.07) is 3.61. The molecule has 0 spiro atoms. The van der Waals surface area contributed by atoms with Gasteiger partial charge in [0.05, 0.1) is 12.2 Å². The maximum atomic E-state index is 10.0. The fourth-order valence-corrected chi connectivity index (χ4v) is 1.42. The molecule has 0 fully saturated rings. The highest BCUT2D eigenvalue weighted by atomic mass is 16.5. The Bertz CT molecular complexity index is 313. The van der Waals surface area contributed by atoms with Crippen LogP contribution in [-0.2, 0) is 11.2 Å². The molecule has 3 N–H and O–H groups in total. The highest BCUT2D eigenvalue weighted by Gasteiger charge is 2.21. The number of aliphatic hydroxyl groups is 1. The van der Waals surface area contributed by atoms with Gasteiger partial charge >= 0.3 is 0 Å². The van der Waals surface area contributed by atoms with E-state index in [0.717, 1.165) is 5.56 Å². The second-order valence-corrected chi connectivity index (χ2v) is 3.90. The number of rotatable bonds is 5. The molecule has 15 heavy (non-hydrogen) atoms. The van der Waals surface area contributed by atoms with Crippen LogP contribution in [0.2, 0.25) is 0 Å². The maximum Gasteiger partial charge on any atom is 0.123 e. The second kappa shape index (κ2) is 5.09. The zero-order valence-electron chi connectivity index (χ0n) is 9.23. The van der Waals surface area contributed by atoms with Crippen LogP contribution in [0.4, 0.5) is 5.82 Å². The van der Waals surface area contributed by atoms with E-state index in [0.29, 0.717) is 25.5 Å². The molecule has 0 bridgehead atoms. The van der Waals surface area contributed by atoms with E-state index in [4.69, 9.17) is 10.5 Å². The van der Waals surface area contributed by atoms with Gasteiger partial charge in [-0.2, -0.15) is 0 Å². The molecule has 1 unspecified atom stereocenters. The van der Waals surface area contributed by atoms with Crippen LogP contribution >= 0.6 is 0 Å². The molecule has 0 radical (unpaired) electrons. The minimum absolute atomic E-state index is 0.325. The van der Waals surface area contributed by atoms with E-state index in [1.54, 1.807) is 19.2 Å². The van der Waals surface area contributed by atoms with E-state index in [9.17, 15) is 5.11 Å². The Kier molecular flexibility index (Phi) is 4.05. The predicted octanol–water partition coefficient (Wildman–Crippen LogP) is 0.994. The zero-order valence-corrected chi connectivity index (χ0v) is 9.23. The van der Waals surface area contributed by atoms with Gasteiger partial charge in [0.1, 0.15) is 5.82 Å². The average molecular weight is 210 g/mol. The molecule has 1 aromatic rings. The van der Waals surface area contributed by atoms with Crippen molar-refractivity contribution in [1.82, 2.24) is 4.98 Å². The Balaban J connectivity index is 2.60. The first-order valence-corrected chi connectivity index (χ1v) is 5.04. The van der Waals surface area contributed by atoms with Gasteiger partial charge in [-0.3, -0.25) is 0 Å². The summed E-state index contributed by atoms with van der Waals surface area (Å²) in [6.07, 6.45) is 2.15. The first-order valence-electron chi connectivity index (χ1n) is 5.04. The Morgan fingerprint density at radius 2 is 2.33 bits per heavy atom. The zero-order chi connectivity index (χ0) is 11.3. The van der Waals surface area contributed by atoms with Crippen LogP contribution in [0.3, 0.4) is 0 Å². The number of nitrogens with zero attached hydrogens (tertiary/aromatic N) is 1. The molecule has 1 atom stereocenters. The number of hydrogen-bond donors (Lipinski definition) is 2. The number of nitrogen functional groups attached to an aromatic ring is 1. The molecule has 0 aromatic carbocycles. The Hall–Kier alpha value is -1.13. The van der Waals surface area contributed by atoms with E-state index in [1.165, 1.54) is 0 Å². The molecule has 4 heteroatoms. The van der Waals surface area contributed by atoms with Gasteiger partial charge in [0.15, 0.2) is 0 Å². The SMILES string of the molecule is CCOCC(C)(O)Cc1ccnc(N)c1. The largest absolute Gasteiger partial charge is 0.387 e. The summed E-state index contributed by atoms with van der Waals surface area (Å²) >= 11 is 0. The van der Waals surface area contributed by atoms with E-state index in [1.807, 2.05) is 13.0 Å². The molecule has 4 nitrogen and oxygen atoms in total. The normalized spacial score (nSPS) is 14.9. The molecule has 0 saturated heterocycles. The predicted molar refractivity (Wildman–Crippen MR) is 59.5 cm³/mol. The second-order valence-electron chi connectivity index (χ2n) is 3.90. The fourth-order valence-electron chi connectivity index (χ4n) is 1.42. The minimum atomic E-state index is -0.857. The lowest BCUT2D eigenvalue weighted by Gasteiger charge is -2.22. The highest BCUT2D eigenvalue weighted by Crippen LogP contribution is 2.14. The highest BCUT2D eigenvalue weighted by molar-refractivity contribution is 5.32. The molecular weight excluding hydrogens is 192 g/mol. The number of pyridine rings is 1.